The second kappa shape index (κ2) is 10.0. The number of ether oxygens (including phenoxy) is 3. The summed E-state index contributed by atoms with van der Waals surface area (Å²) >= 11 is 0. The first-order valence-corrected chi connectivity index (χ1v) is 9.88. The molecule has 1 heterocycles. The molecule has 0 unspecified atom stereocenters. The van der Waals surface area contributed by atoms with Crippen LogP contribution in [0.1, 0.15) is 31.8 Å². The lowest BCUT2D eigenvalue weighted by molar-refractivity contribution is -0.139. The van der Waals surface area contributed by atoms with E-state index < -0.39 is 40.7 Å². The van der Waals surface area contributed by atoms with E-state index >= 15 is 0 Å². The number of rotatable bonds is 6. The first kappa shape index (κ1) is 24.2. The van der Waals surface area contributed by atoms with E-state index in [0.717, 1.165) is 44.6 Å². The van der Waals surface area contributed by atoms with E-state index in [1.165, 1.54) is 17.0 Å². The summed E-state index contributed by atoms with van der Waals surface area (Å²) in [6.45, 7) is 1.43. The first-order valence-electron chi connectivity index (χ1n) is 9.88. The number of amides is 1. The third-order valence-corrected chi connectivity index (χ3v) is 5.03. The molecule has 3 rings (SSSR count). The van der Waals surface area contributed by atoms with E-state index in [2.05, 4.69) is 0 Å². The molecular weight excluding hydrogens is 446 g/mol. The molecule has 1 aliphatic rings. The molecule has 1 aliphatic heterocycles. The lowest BCUT2D eigenvalue weighted by Crippen LogP contribution is -2.41. The van der Waals surface area contributed by atoms with Gasteiger partial charge in [-0.2, -0.15) is 13.2 Å². The van der Waals surface area contributed by atoms with Crippen molar-refractivity contribution < 1.29 is 41.4 Å². The van der Waals surface area contributed by atoms with Crippen LogP contribution in [0, 0.1) is 5.82 Å². The van der Waals surface area contributed by atoms with Crippen LogP contribution in [0.25, 0.3) is 6.08 Å². The van der Waals surface area contributed by atoms with Crippen LogP contribution >= 0.6 is 0 Å². The first-order chi connectivity index (χ1) is 15.7. The highest BCUT2D eigenvalue weighted by Gasteiger charge is 2.38. The molecule has 1 saturated heterocycles. The van der Waals surface area contributed by atoms with E-state index in [1.54, 1.807) is 0 Å². The predicted molar refractivity (Wildman–Crippen MR) is 111 cm³/mol. The Morgan fingerprint density at radius 3 is 2.18 bits per heavy atom. The number of morpholine rings is 1. The summed E-state index contributed by atoms with van der Waals surface area (Å²) in [5.41, 5.74) is -0.906. The molecule has 0 aliphatic carbocycles. The maximum atomic E-state index is 13.8. The van der Waals surface area contributed by atoms with Gasteiger partial charge in [-0.25, -0.2) is 4.39 Å². The van der Waals surface area contributed by atoms with Crippen molar-refractivity contribution in [2.24, 2.45) is 0 Å². The molecule has 10 heteroatoms. The molecule has 1 amide bonds. The van der Waals surface area contributed by atoms with Crippen LogP contribution in [-0.4, -0.2) is 57.1 Å². The van der Waals surface area contributed by atoms with E-state index in [1.807, 2.05) is 0 Å². The van der Waals surface area contributed by atoms with Crippen molar-refractivity contribution in [1.29, 1.82) is 0 Å². The number of hydrogen-bond donors (Lipinski definition) is 0. The topological polar surface area (TPSA) is 65.1 Å². The van der Waals surface area contributed by atoms with Crippen molar-refractivity contribution in [2.45, 2.75) is 6.18 Å². The van der Waals surface area contributed by atoms with Crippen LogP contribution < -0.4 is 9.47 Å². The average Bonchev–Trinajstić information content (AvgIpc) is 2.81. The van der Waals surface area contributed by atoms with Gasteiger partial charge in [0.25, 0.3) is 5.91 Å². The fourth-order valence-electron chi connectivity index (χ4n) is 3.39. The Kier molecular flexibility index (Phi) is 7.37. The number of carbonyl (C=O) groups excluding carboxylic acids is 2. The molecule has 2 aromatic rings. The number of ketones is 1. The number of methoxy groups -OCH3 is 2. The van der Waals surface area contributed by atoms with Crippen LogP contribution in [-0.2, 0) is 10.9 Å². The Labute approximate surface area is 187 Å². The van der Waals surface area contributed by atoms with Gasteiger partial charge in [0.1, 0.15) is 22.9 Å². The highest BCUT2D eigenvalue weighted by atomic mass is 19.4. The standard InChI is InChI=1S/C23H21F4NO5/c1-31-19-11-15(12-20(32-2)21(19)23(25,26)27)18(29)6-4-14-3-5-16(24)13-17(14)22(30)28-7-9-33-10-8-28/h3-6,11-13H,7-10H2,1-2H3/b6-4+. The third kappa shape index (κ3) is 5.51. The van der Waals surface area contributed by atoms with Crippen LogP contribution in [0.15, 0.2) is 36.4 Å². The van der Waals surface area contributed by atoms with Crippen molar-refractivity contribution >= 4 is 17.8 Å². The molecule has 33 heavy (non-hydrogen) atoms. The smallest absolute Gasteiger partial charge is 0.423 e. The monoisotopic (exact) mass is 467 g/mol. The van der Waals surface area contributed by atoms with Crippen molar-refractivity contribution in [3.05, 3.63) is 64.5 Å². The number of halogens is 4. The lowest BCUT2D eigenvalue weighted by Gasteiger charge is -2.27. The largest absolute Gasteiger partial charge is 0.496 e. The zero-order valence-corrected chi connectivity index (χ0v) is 17.9. The molecular formula is C23H21F4NO5. The van der Waals surface area contributed by atoms with Gasteiger partial charge in [-0.3, -0.25) is 9.59 Å². The summed E-state index contributed by atoms with van der Waals surface area (Å²) in [6, 6.07) is 5.49. The van der Waals surface area contributed by atoms with Crippen LogP contribution in [0.4, 0.5) is 17.6 Å². The van der Waals surface area contributed by atoms with E-state index in [-0.39, 0.29) is 16.7 Å². The van der Waals surface area contributed by atoms with Gasteiger partial charge in [0, 0.05) is 24.2 Å². The molecule has 0 bridgehead atoms. The normalized spacial score (nSPS) is 14.4. The molecule has 176 valence electrons. The fourth-order valence-corrected chi connectivity index (χ4v) is 3.39. The summed E-state index contributed by atoms with van der Waals surface area (Å²) in [7, 11) is 2.10. The lowest BCUT2D eigenvalue weighted by atomic mass is 10.0. The molecule has 2 aromatic carbocycles. The van der Waals surface area contributed by atoms with Gasteiger partial charge in [0.15, 0.2) is 5.78 Å². The Balaban J connectivity index is 1.93. The summed E-state index contributed by atoms with van der Waals surface area (Å²) in [6.07, 6.45) is -2.35. The highest BCUT2D eigenvalue weighted by molar-refractivity contribution is 6.08. The Morgan fingerprint density at radius 2 is 1.64 bits per heavy atom. The second-order valence-corrected chi connectivity index (χ2v) is 7.09. The summed E-state index contributed by atoms with van der Waals surface area (Å²) in [5, 5.41) is 0. The number of hydrogen-bond acceptors (Lipinski definition) is 5. The summed E-state index contributed by atoms with van der Waals surface area (Å²) < 4.78 is 68.8. The highest BCUT2D eigenvalue weighted by Crippen LogP contribution is 2.43. The molecule has 0 saturated carbocycles. The Bertz CT molecular complexity index is 1050. The van der Waals surface area contributed by atoms with Crippen molar-refractivity contribution in [3.63, 3.8) is 0 Å². The van der Waals surface area contributed by atoms with E-state index in [9.17, 15) is 27.2 Å². The van der Waals surface area contributed by atoms with Gasteiger partial charge in [-0.1, -0.05) is 12.1 Å². The quantitative estimate of drug-likeness (QED) is 0.362. The SMILES string of the molecule is COc1cc(C(=O)/C=C/c2ccc(F)cc2C(=O)N2CCOCC2)cc(OC)c1C(F)(F)F. The predicted octanol–water partition coefficient (Wildman–Crippen LogP) is 4.23. The number of carbonyl (C=O) groups is 2. The van der Waals surface area contributed by atoms with E-state index in [4.69, 9.17) is 14.2 Å². The number of nitrogens with zero attached hydrogens (tertiary/aromatic N) is 1. The maximum Gasteiger partial charge on any atom is 0.423 e. The number of benzene rings is 2. The van der Waals surface area contributed by atoms with Crippen LogP contribution in [0.5, 0.6) is 11.5 Å². The molecule has 6 nitrogen and oxygen atoms in total. The van der Waals surface area contributed by atoms with Gasteiger partial charge in [-0.05, 0) is 35.9 Å². The molecule has 0 radical (unpaired) electrons. The van der Waals surface area contributed by atoms with Crippen molar-refractivity contribution in [1.82, 2.24) is 4.90 Å². The Morgan fingerprint density at radius 1 is 1.03 bits per heavy atom. The maximum absolute atomic E-state index is 13.8. The minimum absolute atomic E-state index is 0.0588. The minimum atomic E-state index is -4.75. The molecule has 0 atom stereocenters. The van der Waals surface area contributed by atoms with Gasteiger partial charge < -0.3 is 19.1 Å². The van der Waals surface area contributed by atoms with Gasteiger partial charge in [0.2, 0.25) is 0 Å². The third-order valence-electron chi connectivity index (χ3n) is 5.03. The van der Waals surface area contributed by atoms with Gasteiger partial charge in [-0.15, -0.1) is 0 Å². The zero-order valence-electron chi connectivity index (χ0n) is 17.9. The molecule has 1 fully saturated rings. The van der Waals surface area contributed by atoms with Crippen LogP contribution in [0.2, 0.25) is 0 Å². The zero-order chi connectivity index (χ0) is 24.2. The van der Waals surface area contributed by atoms with E-state index in [0.29, 0.717) is 26.3 Å². The number of allylic oxidation sites excluding steroid dienone is 1. The second-order valence-electron chi connectivity index (χ2n) is 7.09. The Hall–Kier alpha value is -3.40. The minimum Gasteiger partial charge on any atom is -0.496 e. The molecule has 0 N–H and O–H groups in total. The van der Waals surface area contributed by atoms with Gasteiger partial charge in [0.05, 0.1) is 27.4 Å². The average molecular weight is 467 g/mol. The van der Waals surface area contributed by atoms with Crippen LogP contribution in [0.3, 0.4) is 0 Å². The fraction of sp³-hybridized carbons (Fsp3) is 0.304. The number of alkyl halides is 3. The summed E-state index contributed by atoms with van der Waals surface area (Å²) in [4.78, 5) is 27.0. The van der Waals surface area contributed by atoms with Crippen molar-refractivity contribution in [2.75, 3.05) is 40.5 Å². The summed E-state index contributed by atoms with van der Waals surface area (Å²) in [5.74, 6) is -2.82. The molecule has 0 spiro atoms. The van der Waals surface area contributed by atoms with Crippen molar-refractivity contribution in [3.8, 4) is 11.5 Å². The van der Waals surface area contributed by atoms with Gasteiger partial charge >= 0.3 is 6.18 Å². The molecule has 0 aromatic heterocycles.